The first-order valence-electron chi connectivity index (χ1n) is 5.84. The Bertz CT molecular complexity index is 675. The predicted octanol–water partition coefficient (Wildman–Crippen LogP) is 3.36. The third-order valence-corrected chi connectivity index (χ3v) is 3.24. The highest BCUT2D eigenvalue weighted by Crippen LogP contribution is 2.33. The Kier molecular flexibility index (Phi) is 2.40. The first kappa shape index (κ1) is 11.0. The Hall–Kier alpha value is -2.16. The van der Waals surface area contributed by atoms with E-state index >= 15 is 0 Å². The third kappa shape index (κ3) is 1.59. The van der Waals surface area contributed by atoms with Gasteiger partial charge in [0.15, 0.2) is 0 Å². The summed E-state index contributed by atoms with van der Waals surface area (Å²) in [4.78, 5) is 13.3. The average Bonchev–Trinajstić information content (AvgIpc) is 2.37. The average molecular weight is 241 g/mol. The van der Waals surface area contributed by atoms with Gasteiger partial charge in [0.1, 0.15) is 5.82 Å². The maximum Gasteiger partial charge on any atom is 0.224 e. The lowest BCUT2D eigenvalue weighted by molar-refractivity contribution is -0.116. The van der Waals surface area contributed by atoms with Crippen molar-refractivity contribution in [1.29, 1.82) is 0 Å². The van der Waals surface area contributed by atoms with Crippen LogP contribution in [0.1, 0.15) is 12.5 Å². The van der Waals surface area contributed by atoms with Crippen molar-refractivity contribution < 1.29 is 9.18 Å². The standard InChI is InChI=1S/C15H12FNO/c1-10(18)17-8-2-3-14-13-6-5-12(16)9-11(13)4-7-15(14)17/h2-7,9H,8H2,1H3. The summed E-state index contributed by atoms with van der Waals surface area (Å²) < 4.78 is 13.2. The molecule has 0 bridgehead atoms. The van der Waals surface area contributed by atoms with E-state index in [1.54, 1.807) is 17.9 Å². The lowest BCUT2D eigenvalue weighted by Crippen LogP contribution is -2.30. The number of hydrogen-bond donors (Lipinski definition) is 0. The molecule has 1 aliphatic rings. The number of anilines is 1. The summed E-state index contributed by atoms with van der Waals surface area (Å²) in [5.74, 6) is -0.229. The second-order valence-corrected chi connectivity index (χ2v) is 4.40. The number of nitrogens with zero attached hydrogens (tertiary/aromatic N) is 1. The predicted molar refractivity (Wildman–Crippen MR) is 71.0 cm³/mol. The first-order valence-corrected chi connectivity index (χ1v) is 5.84. The summed E-state index contributed by atoms with van der Waals surface area (Å²) in [7, 11) is 0. The molecule has 0 unspecified atom stereocenters. The number of fused-ring (bicyclic) bond motifs is 3. The zero-order valence-corrected chi connectivity index (χ0v) is 9.98. The zero-order chi connectivity index (χ0) is 12.7. The molecule has 1 amide bonds. The second-order valence-electron chi connectivity index (χ2n) is 4.40. The fourth-order valence-electron chi connectivity index (χ4n) is 2.40. The largest absolute Gasteiger partial charge is 0.308 e. The normalized spacial score (nSPS) is 13.8. The van der Waals surface area contributed by atoms with Gasteiger partial charge in [-0.1, -0.05) is 24.3 Å². The molecule has 0 spiro atoms. The first-order chi connectivity index (χ1) is 8.66. The van der Waals surface area contributed by atoms with Gasteiger partial charge in [-0.05, 0) is 29.0 Å². The molecule has 18 heavy (non-hydrogen) atoms. The number of carbonyl (C=O) groups is 1. The summed E-state index contributed by atoms with van der Waals surface area (Å²) in [5.41, 5.74) is 1.87. The fraction of sp³-hybridized carbons (Fsp3) is 0.133. The number of benzene rings is 2. The van der Waals surface area contributed by atoms with E-state index in [-0.39, 0.29) is 11.7 Å². The van der Waals surface area contributed by atoms with Crippen LogP contribution in [0.25, 0.3) is 16.8 Å². The van der Waals surface area contributed by atoms with Crippen LogP contribution in [-0.2, 0) is 4.79 Å². The Morgan fingerprint density at radius 2 is 2.11 bits per heavy atom. The van der Waals surface area contributed by atoms with E-state index in [9.17, 15) is 9.18 Å². The fourth-order valence-corrected chi connectivity index (χ4v) is 2.40. The summed E-state index contributed by atoms with van der Waals surface area (Å²) >= 11 is 0. The summed E-state index contributed by atoms with van der Waals surface area (Å²) in [5, 5.41) is 1.82. The van der Waals surface area contributed by atoms with Gasteiger partial charge in [0, 0.05) is 19.0 Å². The van der Waals surface area contributed by atoms with Crippen LogP contribution >= 0.6 is 0 Å². The van der Waals surface area contributed by atoms with Gasteiger partial charge in [0.05, 0.1) is 5.69 Å². The number of halogens is 1. The molecule has 0 radical (unpaired) electrons. The van der Waals surface area contributed by atoms with Crippen molar-refractivity contribution in [2.75, 3.05) is 11.4 Å². The number of hydrogen-bond acceptors (Lipinski definition) is 1. The van der Waals surface area contributed by atoms with Gasteiger partial charge in [-0.3, -0.25) is 4.79 Å². The SMILES string of the molecule is CC(=O)N1CC=Cc2c1ccc1cc(F)ccc21. The molecule has 2 nitrogen and oxygen atoms in total. The monoisotopic (exact) mass is 241 g/mol. The van der Waals surface area contributed by atoms with E-state index in [2.05, 4.69) is 0 Å². The molecule has 2 aromatic rings. The van der Waals surface area contributed by atoms with Crippen LogP contribution in [0.3, 0.4) is 0 Å². The van der Waals surface area contributed by atoms with Gasteiger partial charge in [-0.25, -0.2) is 4.39 Å². The van der Waals surface area contributed by atoms with Crippen LogP contribution in [-0.4, -0.2) is 12.5 Å². The van der Waals surface area contributed by atoms with Gasteiger partial charge in [-0.15, -0.1) is 0 Å². The highest BCUT2D eigenvalue weighted by molar-refractivity contribution is 6.03. The lowest BCUT2D eigenvalue weighted by atomic mass is 9.99. The quantitative estimate of drug-likeness (QED) is 0.692. The molecular weight excluding hydrogens is 229 g/mol. The lowest BCUT2D eigenvalue weighted by Gasteiger charge is -2.26. The highest BCUT2D eigenvalue weighted by atomic mass is 19.1. The Balaban J connectivity index is 2.30. The van der Waals surface area contributed by atoms with Gasteiger partial charge >= 0.3 is 0 Å². The molecule has 0 saturated heterocycles. The molecule has 1 aliphatic heterocycles. The van der Waals surface area contributed by atoms with Crippen LogP contribution in [0.5, 0.6) is 0 Å². The van der Waals surface area contributed by atoms with Gasteiger partial charge in [0.25, 0.3) is 0 Å². The Labute approximate surface area is 104 Å². The Morgan fingerprint density at radius 3 is 2.89 bits per heavy atom. The minimum absolute atomic E-state index is 0.0158. The van der Waals surface area contributed by atoms with Crippen molar-refractivity contribution in [1.82, 2.24) is 0 Å². The number of amides is 1. The summed E-state index contributed by atoms with van der Waals surface area (Å²) in [6.07, 6.45) is 3.95. The van der Waals surface area contributed by atoms with Crippen molar-refractivity contribution in [2.24, 2.45) is 0 Å². The molecule has 0 aliphatic carbocycles. The van der Waals surface area contributed by atoms with Crippen molar-refractivity contribution in [3.05, 3.63) is 47.8 Å². The number of rotatable bonds is 0. The Morgan fingerprint density at radius 1 is 1.28 bits per heavy atom. The maximum absolute atomic E-state index is 13.2. The van der Waals surface area contributed by atoms with E-state index in [0.717, 1.165) is 22.0 Å². The molecule has 90 valence electrons. The molecule has 0 aromatic heterocycles. The highest BCUT2D eigenvalue weighted by Gasteiger charge is 2.18. The molecule has 2 aromatic carbocycles. The number of carbonyl (C=O) groups excluding carboxylic acids is 1. The van der Waals surface area contributed by atoms with Crippen molar-refractivity contribution >= 4 is 28.4 Å². The van der Waals surface area contributed by atoms with Crippen LogP contribution in [0, 0.1) is 5.82 Å². The molecule has 3 rings (SSSR count). The summed E-state index contributed by atoms with van der Waals surface area (Å²) in [6.45, 7) is 2.15. The van der Waals surface area contributed by atoms with Gasteiger partial charge < -0.3 is 4.90 Å². The molecule has 0 atom stereocenters. The maximum atomic E-state index is 13.2. The molecular formula is C15H12FNO. The van der Waals surface area contributed by atoms with Crippen molar-refractivity contribution in [3.8, 4) is 0 Å². The molecule has 1 heterocycles. The van der Waals surface area contributed by atoms with Crippen molar-refractivity contribution in [3.63, 3.8) is 0 Å². The molecule has 0 N–H and O–H groups in total. The van der Waals surface area contributed by atoms with Crippen LogP contribution < -0.4 is 4.90 Å². The van der Waals surface area contributed by atoms with Gasteiger partial charge in [0.2, 0.25) is 5.91 Å². The molecule has 3 heteroatoms. The van der Waals surface area contributed by atoms with Crippen LogP contribution in [0.2, 0.25) is 0 Å². The smallest absolute Gasteiger partial charge is 0.224 e. The third-order valence-electron chi connectivity index (χ3n) is 3.24. The van der Waals surface area contributed by atoms with Crippen LogP contribution in [0.4, 0.5) is 10.1 Å². The van der Waals surface area contributed by atoms with E-state index in [0.29, 0.717) is 6.54 Å². The molecule has 0 saturated carbocycles. The topological polar surface area (TPSA) is 20.3 Å². The summed E-state index contributed by atoms with van der Waals surface area (Å²) in [6, 6.07) is 8.45. The van der Waals surface area contributed by atoms with E-state index in [1.807, 2.05) is 24.3 Å². The van der Waals surface area contributed by atoms with E-state index in [1.165, 1.54) is 12.1 Å². The van der Waals surface area contributed by atoms with Crippen molar-refractivity contribution in [2.45, 2.75) is 6.92 Å². The van der Waals surface area contributed by atoms with E-state index < -0.39 is 0 Å². The second kappa shape index (κ2) is 3.95. The van der Waals surface area contributed by atoms with Gasteiger partial charge in [-0.2, -0.15) is 0 Å². The molecule has 0 fully saturated rings. The zero-order valence-electron chi connectivity index (χ0n) is 9.98. The minimum atomic E-state index is -0.245. The van der Waals surface area contributed by atoms with E-state index in [4.69, 9.17) is 0 Å². The van der Waals surface area contributed by atoms with Crippen LogP contribution in [0.15, 0.2) is 36.4 Å². The minimum Gasteiger partial charge on any atom is -0.308 e.